The van der Waals surface area contributed by atoms with Gasteiger partial charge in [0.2, 0.25) is 0 Å². The quantitative estimate of drug-likeness (QED) is 0.711. The molecule has 0 radical (unpaired) electrons. The average Bonchev–Trinajstić information content (AvgIpc) is 2.29. The van der Waals surface area contributed by atoms with Crippen LogP contribution in [0.4, 0.5) is 0 Å². The van der Waals surface area contributed by atoms with Crippen molar-refractivity contribution in [1.29, 1.82) is 0 Å². The summed E-state index contributed by atoms with van der Waals surface area (Å²) in [6.07, 6.45) is 10.1. The van der Waals surface area contributed by atoms with Crippen LogP contribution in [0.2, 0.25) is 0 Å². The Hall–Kier alpha value is -0.0800. The molecule has 0 saturated carbocycles. The van der Waals surface area contributed by atoms with Crippen molar-refractivity contribution in [2.45, 2.75) is 57.9 Å². The number of hydrogen-bond acceptors (Lipinski definition) is 2. The number of piperidine rings is 1. The Morgan fingerprint density at radius 3 is 1.94 bits per heavy atom. The Kier molecular flexibility index (Phi) is 5.11. The van der Waals surface area contributed by atoms with Crippen LogP contribution in [0.25, 0.3) is 0 Å². The number of nitrogens with zero attached hydrogens (tertiary/aromatic N) is 2. The van der Waals surface area contributed by atoms with Gasteiger partial charge in [-0.25, -0.2) is 0 Å². The predicted molar refractivity (Wildman–Crippen MR) is 69.8 cm³/mol. The monoisotopic (exact) mass is 224 g/mol. The van der Waals surface area contributed by atoms with Crippen LogP contribution in [0.3, 0.4) is 0 Å². The van der Waals surface area contributed by atoms with E-state index in [0.29, 0.717) is 0 Å². The van der Waals surface area contributed by atoms with Crippen molar-refractivity contribution in [1.82, 2.24) is 9.80 Å². The van der Waals surface area contributed by atoms with Gasteiger partial charge in [-0.1, -0.05) is 26.2 Å². The van der Waals surface area contributed by atoms with Gasteiger partial charge in [0.05, 0.1) is 0 Å². The Morgan fingerprint density at radius 1 is 0.812 bits per heavy atom. The summed E-state index contributed by atoms with van der Waals surface area (Å²) in [5.41, 5.74) is 0. The molecule has 0 N–H and O–H groups in total. The third kappa shape index (κ3) is 3.46. The highest BCUT2D eigenvalue weighted by molar-refractivity contribution is 4.80. The van der Waals surface area contributed by atoms with Crippen molar-refractivity contribution in [2.24, 2.45) is 0 Å². The van der Waals surface area contributed by atoms with Crippen molar-refractivity contribution in [3.63, 3.8) is 0 Å². The molecule has 0 aromatic rings. The molecule has 0 aliphatic carbocycles. The molecule has 2 rings (SSSR count). The van der Waals surface area contributed by atoms with E-state index < -0.39 is 0 Å². The second-order valence-corrected chi connectivity index (χ2v) is 5.47. The molecule has 0 aromatic carbocycles. The molecule has 0 amide bonds. The molecule has 2 nitrogen and oxygen atoms in total. The van der Waals surface area contributed by atoms with Crippen molar-refractivity contribution in [3.05, 3.63) is 0 Å². The lowest BCUT2D eigenvalue weighted by Gasteiger charge is -2.39. The summed E-state index contributed by atoms with van der Waals surface area (Å²) >= 11 is 0. The molecule has 0 atom stereocenters. The Balaban J connectivity index is 1.77. The third-order valence-corrected chi connectivity index (χ3v) is 4.41. The molecule has 2 aliphatic rings. The van der Waals surface area contributed by atoms with E-state index in [1.54, 1.807) is 0 Å². The smallest absolute Gasteiger partial charge is 0.0120 e. The van der Waals surface area contributed by atoms with Gasteiger partial charge < -0.3 is 9.80 Å². The highest BCUT2D eigenvalue weighted by Gasteiger charge is 2.23. The molecule has 2 fully saturated rings. The van der Waals surface area contributed by atoms with Crippen molar-refractivity contribution in [3.8, 4) is 0 Å². The highest BCUT2D eigenvalue weighted by atomic mass is 15.2. The van der Waals surface area contributed by atoms with Crippen LogP contribution in [0, 0.1) is 0 Å². The SMILES string of the molecule is CCN1CCC(N2CCCCCCC2)CC1. The molecule has 0 unspecified atom stereocenters. The predicted octanol–water partition coefficient (Wildman–Crippen LogP) is 2.74. The molecule has 2 saturated heterocycles. The van der Waals surface area contributed by atoms with E-state index in [2.05, 4.69) is 16.7 Å². The van der Waals surface area contributed by atoms with Gasteiger partial charge in [0, 0.05) is 6.04 Å². The fourth-order valence-corrected chi connectivity index (χ4v) is 3.24. The van der Waals surface area contributed by atoms with E-state index in [9.17, 15) is 0 Å². The molecule has 2 heteroatoms. The molecular weight excluding hydrogens is 196 g/mol. The topological polar surface area (TPSA) is 6.48 Å². The van der Waals surface area contributed by atoms with Crippen molar-refractivity contribution in [2.75, 3.05) is 32.7 Å². The first kappa shape index (κ1) is 12.4. The molecule has 0 aromatic heterocycles. The lowest BCUT2D eigenvalue weighted by atomic mass is 10.0. The first-order valence-electron chi connectivity index (χ1n) is 7.36. The first-order chi connectivity index (χ1) is 7.90. The standard InChI is InChI=1S/C14H28N2/c1-2-15-12-8-14(9-13-15)16-10-6-4-3-5-7-11-16/h14H,2-13H2,1H3. The second-order valence-electron chi connectivity index (χ2n) is 5.47. The Morgan fingerprint density at radius 2 is 1.38 bits per heavy atom. The maximum Gasteiger partial charge on any atom is 0.0120 e. The maximum atomic E-state index is 2.80. The fraction of sp³-hybridized carbons (Fsp3) is 1.00. The van der Waals surface area contributed by atoms with E-state index in [4.69, 9.17) is 0 Å². The minimum Gasteiger partial charge on any atom is -0.303 e. The normalized spacial score (nSPS) is 27.6. The van der Waals surface area contributed by atoms with Crippen LogP contribution >= 0.6 is 0 Å². The molecule has 2 aliphatic heterocycles. The minimum absolute atomic E-state index is 0.904. The molecule has 16 heavy (non-hydrogen) atoms. The second kappa shape index (κ2) is 6.61. The van der Waals surface area contributed by atoms with Gasteiger partial charge in [0.1, 0.15) is 0 Å². The van der Waals surface area contributed by atoms with Gasteiger partial charge >= 0.3 is 0 Å². The Bertz CT molecular complexity index is 177. The molecular formula is C14H28N2. The van der Waals surface area contributed by atoms with Gasteiger partial charge in [0.15, 0.2) is 0 Å². The minimum atomic E-state index is 0.904. The van der Waals surface area contributed by atoms with Crippen LogP contribution in [0.15, 0.2) is 0 Å². The zero-order chi connectivity index (χ0) is 11.2. The zero-order valence-corrected chi connectivity index (χ0v) is 11.0. The number of likely N-dealkylation sites (tertiary alicyclic amines) is 2. The summed E-state index contributed by atoms with van der Waals surface area (Å²) < 4.78 is 0. The van der Waals surface area contributed by atoms with E-state index in [-0.39, 0.29) is 0 Å². The van der Waals surface area contributed by atoms with Crippen LogP contribution in [-0.4, -0.2) is 48.6 Å². The van der Waals surface area contributed by atoms with Gasteiger partial charge in [0.25, 0.3) is 0 Å². The lowest BCUT2D eigenvalue weighted by Crippen LogP contribution is -2.45. The van der Waals surface area contributed by atoms with Crippen LogP contribution in [0.1, 0.15) is 51.9 Å². The summed E-state index contributed by atoms with van der Waals surface area (Å²) in [7, 11) is 0. The zero-order valence-electron chi connectivity index (χ0n) is 11.0. The largest absolute Gasteiger partial charge is 0.303 e. The molecule has 2 heterocycles. The number of rotatable bonds is 2. The van der Waals surface area contributed by atoms with E-state index >= 15 is 0 Å². The van der Waals surface area contributed by atoms with Gasteiger partial charge in [-0.2, -0.15) is 0 Å². The fourth-order valence-electron chi connectivity index (χ4n) is 3.24. The van der Waals surface area contributed by atoms with E-state index in [1.807, 2.05) is 0 Å². The van der Waals surface area contributed by atoms with Crippen LogP contribution in [-0.2, 0) is 0 Å². The van der Waals surface area contributed by atoms with Crippen LogP contribution < -0.4 is 0 Å². The van der Waals surface area contributed by atoms with Crippen LogP contribution in [0.5, 0.6) is 0 Å². The van der Waals surface area contributed by atoms with Crippen molar-refractivity contribution >= 4 is 0 Å². The first-order valence-corrected chi connectivity index (χ1v) is 7.36. The van der Waals surface area contributed by atoms with Gasteiger partial charge in [-0.15, -0.1) is 0 Å². The third-order valence-electron chi connectivity index (χ3n) is 4.41. The van der Waals surface area contributed by atoms with Gasteiger partial charge in [-0.3, -0.25) is 0 Å². The molecule has 94 valence electrons. The van der Waals surface area contributed by atoms with Gasteiger partial charge in [-0.05, 0) is 58.4 Å². The lowest BCUT2D eigenvalue weighted by molar-refractivity contribution is 0.104. The van der Waals surface area contributed by atoms with Crippen molar-refractivity contribution < 1.29 is 0 Å². The summed E-state index contributed by atoms with van der Waals surface area (Å²) in [5.74, 6) is 0. The van der Waals surface area contributed by atoms with E-state index in [1.165, 1.54) is 77.7 Å². The van der Waals surface area contributed by atoms with E-state index in [0.717, 1.165) is 6.04 Å². The summed E-state index contributed by atoms with van der Waals surface area (Å²) in [4.78, 5) is 5.40. The Labute approximate surface area is 101 Å². The number of hydrogen-bond donors (Lipinski definition) is 0. The molecule has 0 spiro atoms. The summed E-state index contributed by atoms with van der Waals surface area (Å²) in [6, 6.07) is 0.904. The average molecular weight is 224 g/mol. The highest BCUT2D eigenvalue weighted by Crippen LogP contribution is 2.20. The molecule has 0 bridgehead atoms. The summed E-state index contributed by atoms with van der Waals surface area (Å²) in [5, 5.41) is 0. The summed E-state index contributed by atoms with van der Waals surface area (Å²) in [6.45, 7) is 8.94. The maximum absolute atomic E-state index is 2.80.